The summed E-state index contributed by atoms with van der Waals surface area (Å²) >= 11 is 0. The summed E-state index contributed by atoms with van der Waals surface area (Å²) in [7, 11) is 0. The fraction of sp³-hybridized carbons (Fsp3) is 0.619. The Morgan fingerprint density at radius 1 is 1.14 bits per heavy atom. The van der Waals surface area contributed by atoms with Crippen LogP contribution in [0.4, 0.5) is 0 Å². The lowest BCUT2D eigenvalue weighted by Gasteiger charge is -2.29. The number of carbonyl (C=O) groups excluding carboxylic acids is 3. The van der Waals surface area contributed by atoms with Gasteiger partial charge in [0.05, 0.1) is 18.6 Å². The van der Waals surface area contributed by atoms with Crippen LogP contribution in [0.3, 0.4) is 0 Å². The van der Waals surface area contributed by atoms with Crippen molar-refractivity contribution in [2.45, 2.75) is 63.1 Å². The van der Waals surface area contributed by atoms with E-state index >= 15 is 0 Å². The summed E-state index contributed by atoms with van der Waals surface area (Å²) in [6, 6.07) is 3.77. The Labute approximate surface area is 165 Å². The molecule has 2 N–H and O–H groups in total. The van der Waals surface area contributed by atoms with Gasteiger partial charge in [-0.05, 0) is 30.9 Å². The molecule has 150 valence electrons. The summed E-state index contributed by atoms with van der Waals surface area (Å²) in [6.07, 6.45) is 8.83. The summed E-state index contributed by atoms with van der Waals surface area (Å²) in [5.74, 6) is 0.0402. The largest absolute Gasteiger partial charge is 0.329 e. The van der Waals surface area contributed by atoms with Crippen LogP contribution in [-0.4, -0.2) is 63.6 Å². The first-order valence-corrected chi connectivity index (χ1v) is 10.4. The minimum absolute atomic E-state index is 0.0341. The number of nitrogens with two attached hydrogens (primary N) is 1. The molecule has 0 bridgehead atoms. The van der Waals surface area contributed by atoms with Crippen molar-refractivity contribution in [3.8, 4) is 0 Å². The third kappa shape index (κ3) is 3.55. The Morgan fingerprint density at radius 3 is 2.64 bits per heavy atom. The molecule has 1 aromatic rings. The van der Waals surface area contributed by atoms with Gasteiger partial charge in [0, 0.05) is 12.7 Å². The highest BCUT2D eigenvalue weighted by molar-refractivity contribution is 6.01. The minimum atomic E-state index is -0.560. The van der Waals surface area contributed by atoms with E-state index in [0.717, 1.165) is 12.8 Å². The first kappa shape index (κ1) is 19.1. The number of carbonyl (C=O) groups is 3. The van der Waals surface area contributed by atoms with E-state index in [1.54, 1.807) is 34.2 Å². The molecule has 7 nitrogen and oxygen atoms in total. The number of fused-ring (bicyclic) bond motifs is 1. The van der Waals surface area contributed by atoms with Crippen molar-refractivity contribution in [1.29, 1.82) is 0 Å². The van der Waals surface area contributed by atoms with Crippen LogP contribution in [0.25, 0.3) is 0 Å². The molecule has 0 spiro atoms. The van der Waals surface area contributed by atoms with Gasteiger partial charge in [0.25, 0.3) is 5.91 Å². The molecule has 3 heterocycles. The van der Waals surface area contributed by atoms with E-state index < -0.39 is 12.1 Å². The number of amides is 2. The van der Waals surface area contributed by atoms with Crippen LogP contribution in [0.2, 0.25) is 0 Å². The monoisotopic (exact) mass is 384 g/mol. The Kier molecular flexibility index (Phi) is 5.44. The topological polar surface area (TPSA) is 96.6 Å². The molecule has 2 amide bonds. The molecule has 3 fully saturated rings. The molecule has 3 atom stereocenters. The maximum absolute atomic E-state index is 13.0. The predicted octanol–water partition coefficient (Wildman–Crippen LogP) is 1.37. The number of pyridine rings is 1. The molecule has 2 saturated heterocycles. The van der Waals surface area contributed by atoms with E-state index in [1.165, 1.54) is 19.3 Å². The number of rotatable bonds is 4. The van der Waals surface area contributed by atoms with E-state index in [0.29, 0.717) is 31.0 Å². The van der Waals surface area contributed by atoms with Gasteiger partial charge in [-0.1, -0.05) is 38.2 Å². The first-order valence-electron chi connectivity index (χ1n) is 10.4. The number of aromatic nitrogens is 1. The molecule has 28 heavy (non-hydrogen) atoms. The van der Waals surface area contributed by atoms with Crippen LogP contribution < -0.4 is 5.73 Å². The second-order valence-electron chi connectivity index (χ2n) is 8.29. The summed E-state index contributed by atoms with van der Waals surface area (Å²) in [5, 5.41) is 0. The van der Waals surface area contributed by atoms with Gasteiger partial charge < -0.3 is 15.5 Å². The quantitative estimate of drug-likeness (QED) is 0.846. The molecule has 1 aromatic heterocycles. The lowest BCUT2D eigenvalue weighted by Crippen LogP contribution is -2.50. The molecule has 1 aliphatic carbocycles. The Balaban J connectivity index is 1.43. The Bertz CT molecular complexity index is 747. The summed E-state index contributed by atoms with van der Waals surface area (Å²) in [5.41, 5.74) is 6.58. The van der Waals surface area contributed by atoms with Gasteiger partial charge in [-0.15, -0.1) is 0 Å². The Morgan fingerprint density at radius 2 is 1.93 bits per heavy atom. The number of hydrogen-bond acceptors (Lipinski definition) is 5. The van der Waals surface area contributed by atoms with Crippen LogP contribution in [0, 0.1) is 5.92 Å². The molecule has 0 aromatic carbocycles. The number of Topliss-reactive ketones (excluding diaryl/α,β-unsaturated/α-hetero) is 1. The van der Waals surface area contributed by atoms with Crippen LogP contribution >= 0.6 is 0 Å². The lowest BCUT2D eigenvalue weighted by atomic mass is 9.84. The summed E-state index contributed by atoms with van der Waals surface area (Å²) in [6.45, 7) is 0.511. The van der Waals surface area contributed by atoms with Crippen molar-refractivity contribution in [2.75, 3.05) is 13.1 Å². The second kappa shape index (κ2) is 7.99. The Hall–Kier alpha value is -2.28. The highest BCUT2D eigenvalue weighted by Crippen LogP contribution is 2.32. The van der Waals surface area contributed by atoms with Gasteiger partial charge in [0.15, 0.2) is 5.78 Å². The van der Waals surface area contributed by atoms with Gasteiger partial charge in [-0.3, -0.25) is 19.4 Å². The zero-order valence-electron chi connectivity index (χ0n) is 16.1. The number of likely N-dealkylation sites (tertiary alicyclic amines) is 2. The third-order valence-corrected chi connectivity index (χ3v) is 6.48. The van der Waals surface area contributed by atoms with Crippen molar-refractivity contribution in [2.24, 2.45) is 11.7 Å². The molecule has 4 rings (SSSR count). The highest BCUT2D eigenvalue weighted by atomic mass is 16.2. The molecule has 2 aliphatic heterocycles. The molecule has 0 radical (unpaired) electrons. The minimum Gasteiger partial charge on any atom is -0.329 e. The molecule has 3 aliphatic rings. The van der Waals surface area contributed by atoms with Gasteiger partial charge >= 0.3 is 0 Å². The summed E-state index contributed by atoms with van der Waals surface area (Å²) in [4.78, 5) is 45.8. The molecule has 1 saturated carbocycles. The van der Waals surface area contributed by atoms with Gasteiger partial charge in [0.1, 0.15) is 11.7 Å². The standard InChI is InChI=1S/C21H28N4O3/c22-15(12-14-6-2-1-3-7-14)20(27)24-11-9-17-19(24)18(26)13-25(17)21(28)16-8-4-5-10-23-16/h4-5,8,10,14-15,17,19H,1-3,6-7,9,11-13,22H2. The smallest absolute Gasteiger partial charge is 0.273 e. The maximum atomic E-state index is 13.0. The SMILES string of the molecule is NC(CC1CCCCC1)C(=O)N1CCC2C1C(=O)CN2C(=O)c1ccccn1. The zero-order valence-corrected chi connectivity index (χ0v) is 16.1. The summed E-state index contributed by atoms with van der Waals surface area (Å²) < 4.78 is 0. The molecular formula is C21H28N4O3. The molecule has 3 unspecified atom stereocenters. The molecule has 7 heteroatoms. The van der Waals surface area contributed by atoms with Crippen molar-refractivity contribution < 1.29 is 14.4 Å². The lowest BCUT2D eigenvalue weighted by molar-refractivity contribution is -0.137. The molecular weight excluding hydrogens is 356 g/mol. The van der Waals surface area contributed by atoms with E-state index in [-0.39, 0.29) is 30.2 Å². The first-order chi connectivity index (χ1) is 13.6. The van der Waals surface area contributed by atoms with E-state index in [9.17, 15) is 14.4 Å². The zero-order chi connectivity index (χ0) is 19.7. The van der Waals surface area contributed by atoms with Crippen molar-refractivity contribution in [3.05, 3.63) is 30.1 Å². The highest BCUT2D eigenvalue weighted by Gasteiger charge is 2.52. The average molecular weight is 384 g/mol. The van der Waals surface area contributed by atoms with E-state index in [2.05, 4.69) is 4.98 Å². The van der Waals surface area contributed by atoms with Crippen LogP contribution in [0.15, 0.2) is 24.4 Å². The average Bonchev–Trinajstić information content (AvgIpc) is 3.30. The van der Waals surface area contributed by atoms with Gasteiger partial charge in [0.2, 0.25) is 5.91 Å². The fourth-order valence-electron chi connectivity index (χ4n) is 5.07. The van der Waals surface area contributed by atoms with Crippen LogP contribution in [-0.2, 0) is 9.59 Å². The van der Waals surface area contributed by atoms with E-state index in [1.807, 2.05) is 0 Å². The maximum Gasteiger partial charge on any atom is 0.273 e. The second-order valence-corrected chi connectivity index (χ2v) is 8.29. The van der Waals surface area contributed by atoms with Crippen molar-refractivity contribution in [3.63, 3.8) is 0 Å². The van der Waals surface area contributed by atoms with Gasteiger partial charge in [-0.2, -0.15) is 0 Å². The normalized spacial score (nSPS) is 26.4. The number of ketones is 1. The van der Waals surface area contributed by atoms with Crippen molar-refractivity contribution in [1.82, 2.24) is 14.8 Å². The number of hydrogen-bond donors (Lipinski definition) is 1. The van der Waals surface area contributed by atoms with Crippen molar-refractivity contribution >= 4 is 17.6 Å². The third-order valence-electron chi connectivity index (χ3n) is 6.48. The number of nitrogens with zero attached hydrogens (tertiary/aromatic N) is 3. The van der Waals surface area contributed by atoms with Crippen LogP contribution in [0.1, 0.15) is 55.4 Å². The predicted molar refractivity (Wildman–Crippen MR) is 103 cm³/mol. The van der Waals surface area contributed by atoms with Crippen LogP contribution in [0.5, 0.6) is 0 Å². The van der Waals surface area contributed by atoms with Gasteiger partial charge in [-0.25, -0.2) is 0 Å². The fourth-order valence-corrected chi connectivity index (χ4v) is 5.07. The van der Waals surface area contributed by atoms with E-state index in [4.69, 9.17) is 5.73 Å².